The van der Waals surface area contributed by atoms with Crippen molar-refractivity contribution >= 4 is 17.8 Å². The first-order valence-corrected chi connectivity index (χ1v) is 5.47. The van der Waals surface area contributed by atoms with Gasteiger partial charge in [0.25, 0.3) is 0 Å². The van der Waals surface area contributed by atoms with E-state index >= 15 is 0 Å². The van der Waals surface area contributed by atoms with E-state index in [1.807, 2.05) is 0 Å². The third-order valence-corrected chi connectivity index (χ3v) is 2.56. The third-order valence-electron chi connectivity index (χ3n) is 2.56. The van der Waals surface area contributed by atoms with Crippen LogP contribution in [0, 0.1) is 0 Å². The maximum Gasteiger partial charge on any atom is 0.304 e. The molecule has 2 heterocycles. The second kappa shape index (κ2) is 4.67. The summed E-state index contributed by atoms with van der Waals surface area (Å²) in [6.45, 7) is 2.55. The molecule has 0 spiro atoms. The quantitative estimate of drug-likeness (QED) is 0.518. The summed E-state index contributed by atoms with van der Waals surface area (Å²) in [6.07, 6.45) is 0.526. The van der Waals surface area contributed by atoms with Gasteiger partial charge in [-0.25, -0.2) is 0 Å². The minimum absolute atomic E-state index is 0.0111. The van der Waals surface area contributed by atoms with Gasteiger partial charge in [0.2, 0.25) is 12.1 Å². The largest absolute Gasteiger partial charge is 0.468 e. The van der Waals surface area contributed by atoms with Crippen LogP contribution < -0.4 is 0 Å². The number of carbonyl (C=O) groups is 3. The normalized spacial score (nSPS) is 27.3. The first-order chi connectivity index (χ1) is 8.49. The van der Waals surface area contributed by atoms with Gasteiger partial charge in [0.1, 0.15) is 6.61 Å². The molecule has 0 N–H and O–H groups in total. The minimum Gasteiger partial charge on any atom is -0.468 e. The number of nitrogens with zero attached hydrogens (tertiary/aromatic N) is 1. The SMILES string of the molecule is CC(=O)OC/C=C1/O[C@@H]2CC(=O)N2C1OC(C)=O. The molecule has 0 radical (unpaired) electrons. The molecule has 18 heavy (non-hydrogen) atoms. The highest BCUT2D eigenvalue weighted by molar-refractivity contribution is 5.84. The van der Waals surface area contributed by atoms with Crippen molar-refractivity contribution in [3.05, 3.63) is 11.8 Å². The summed E-state index contributed by atoms with van der Waals surface area (Å²) in [5.41, 5.74) is 0. The van der Waals surface area contributed by atoms with Crippen molar-refractivity contribution in [3.8, 4) is 0 Å². The zero-order chi connectivity index (χ0) is 13.3. The maximum absolute atomic E-state index is 11.4. The fraction of sp³-hybridized carbons (Fsp3) is 0.545. The van der Waals surface area contributed by atoms with Gasteiger partial charge in [0.15, 0.2) is 12.0 Å². The molecule has 0 aromatic carbocycles. The Bertz CT molecular complexity index is 429. The predicted octanol–water partition coefficient (Wildman–Crippen LogP) is -0.0888. The molecular formula is C11H13NO6. The lowest BCUT2D eigenvalue weighted by Crippen LogP contribution is -2.53. The standard InChI is InChI=1S/C11H13NO6/c1-6(13)16-4-3-8-11(17-7(2)14)12-9(15)5-10(12)18-8/h3,10-11H,4-5H2,1-2H3/b8-3+/t10-,11?/m1/s1. The van der Waals surface area contributed by atoms with E-state index in [-0.39, 0.29) is 25.2 Å². The molecule has 98 valence electrons. The predicted molar refractivity (Wildman–Crippen MR) is 56.6 cm³/mol. The molecule has 2 fully saturated rings. The summed E-state index contributed by atoms with van der Waals surface area (Å²) in [5, 5.41) is 0. The number of ether oxygens (including phenoxy) is 3. The van der Waals surface area contributed by atoms with E-state index in [1.165, 1.54) is 24.8 Å². The first kappa shape index (κ1) is 12.4. The Kier molecular flexibility index (Phi) is 3.22. The fourth-order valence-corrected chi connectivity index (χ4v) is 1.80. The van der Waals surface area contributed by atoms with Crippen LogP contribution in [0.1, 0.15) is 20.3 Å². The van der Waals surface area contributed by atoms with Crippen molar-refractivity contribution in [1.82, 2.24) is 4.90 Å². The van der Waals surface area contributed by atoms with Crippen molar-refractivity contribution < 1.29 is 28.6 Å². The molecule has 1 amide bonds. The van der Waals surface area contributed by atoms with Crippen LogP contribution in [-0.4, -0.2) is 41.8 Å². The maximum atomic E-state index is 11.4. The molecule has 1 unspecified atom stereocenters. The number of hydrogen-bond donors (Lipinski definition) is 0. The molecule has 2 saturated heterocycles. The summed E-state index contributed by atoms with van der Waals surface area (Å²) < 4.78 is 15.2. The van der Waals surface area contributed by atoms with Crippen molar-refractivity contribution in [1.29, 1.82) is 0 Å². The van der Waals surface area contributed by atoms with Crippen LogP contribution in [0.15, 0.2) is 11.8 Å². The van der Waals surface area contributed by atoms with Crippen molar-refractivity contribution in [2.24, 2.45) is 0 Å². The van der Waals surface area contributed by atoms with E-state index in [9.17, 15) is 14.4 Å². The zero-order valence-corrected chi connectivity index (χ0v) is 10.0. The summed E-state index contributed by atoms with van der Waals surface area (Å²) in [6, 6.07) is 0. The van der Waals surface area contributed by atoms with Crippen LogP contribution >= 0.6 is 0 Å². The third kappa shape index (κ3) is 2.29. The van der Waals surface area contributed by atoms with Crippen molar-refractivity contribution in [3.63, 3.8) is 0 Å². The lowest BCUT2D eigenvalue weighted by Gasteiger charge is -2.33. The van der Waals surface area contributed by atoms with Crippen LogP contribution in [0.5, 0.6) is 0 Å². The van der Waals surface area contributed by atoms with Crippen LogP contribution in [0.4, 0.5) is 0 Å². The molecule has 2 atom stereocenters. The highest BCUT2D eigenvalue weighted by Gasteiger charge is 2.52. The fourth-order valence-electron chi connectivity index (χ4n) is 1.80. The van der Waals surface area contributed by atoms with Gasteiger partial charge in [-0.3, -0.25) is 19.3 Å². The number of β-lactam (4-membered cyclic amide) rings is 1. The lowest BCUT2D eigenvalue weighted by molar-refractivity contribution is -0.173. The number of amides is 1. The van der Waals surface area contributed by atoms with Gasteiger partial charge in [-0.1, -0.05) is 0 Å². The van der Waals surface area contributed by atoms with Gasteiger partial charge in [-0.15, -0.1) is 0 Å². The van der Waals surface area contributed by atoms with E-state index in [0.717, 1.165) is 0 Å². The second-order valence-corrected chi connectivity index (χ2v) is 3.95. The summed E-state index contributed by atoms with van der Waals surface area (Å²) in [5.74, 6) is -0.750. The summed E-state index contributed by atoms with van der Waals surface area (Å²) >= 11 is 0. The van der Waals surface area contributed by atoms with Gasteiger partial charge in [-0.2, -0.15) is 0 Å². The average molecular weight is 255 g/mol. The first-order valence-electron chi connectivity index (χ1n) is 5.47. The Morgan fingerprint density at radius 3 is 2.72 bits per heavy atom. The minimum atomic E-state index is -0.843. The van der Waals surface area contributed by atoms with Gasteiger partial charge >= 0.3 is 11.9 Å². The van der Waals surface area contributed by atoms with Gasteiger partial charge in [0, 0.05) is 13.8 Å². The number of hydrogen-bond acceptors (Lipinski definition) is 6. The van der Waals surface area contributed by atoms with E-state index in [4.69, 9.17) is 14.2 Å². The molecular weight excluding hydrogens is 242 g/mol. The average Bonchev–Trinajstić information content (AvgIpc) is 2.49. The highest BCUT2D eigenvalue weighted by atomic mass is 16.6. The number of carbonyl (C=O) groups excluding carboxylic acids is 3. The Balaban J connectivity index is 2.06. The summed E-state index contributed by atoms with van der Waals surface area (Å²) in [4.78, 5) is 34.3. The molecule has 2 rings (SSSR count). The molecule has 7 heteroatoms. The molecule has 2 aliphatic heterocycles. The zero-order valence-electron chi connectivity index (χ0n) is 10.0. The topological polar surface area (TPSA) is 82.1 Å². The van der Waals surface area contributed by atoms with Gasteiger partial charge < -0.3 is 14.2 Å². The second-order valence-electron chi connectivity index (χ2n) is 3.95. The smallest absolute Gasteiger partial charge is 0.304 e. The van der Waals surface area contributed by atoms with Crippen LogP contribution in [0.2, 0.25) is 0 Å². The van der Waals surface area contributed by atoms with Crippen LogP contribution in [0.25, 0.3) is 0 Å². The molecule has 0 bridgehead atoms. The van der Waals surface area contributed by atoms with Crippen LogP contribution in [0.3, 0.4) is 0 Å². The molecule has 2 aliphatic rings. The monoisotopic (exact) mass is 255 g/mol. The van der Waals surface area contributed by atoms with E-state index in [1.54, 1.807) is 0 Å². The van der Waals surface area contributed by atoms with Crippen molar-refractivity contribution in [2.75, 3.05) is 6.61 Å². The lowest BCUT2D eigenvalue weighted by atomic mass is 10.2. The van der Waals surface area contributed by atoms with Gasteiger partial charge in [0.05, 0.1) is 6.42 Å². The van der Waals surface area contributed by atoms with E-state index in [0.29, 0.717) is 5.76 Å². The summed E-state index contributed by atoms with van der Waals surface area (Å²) in [7, 11) is 0. The van der Waals surface area contributed by atoms with Gasteiger partial charge in [-0.05, 0) is 6.08 Å². The Hall–Kier alpha value is -2.05. The Morgan fingerprint density at radius 2 is 2.17 bits per heavy atom. The highest BCUT2D eigenvalue weighted by Crippen LogP contribution is 2.36. The number of fused-ring (bicyclic) bond motifs is 1. The number of rotatable bonds is 3. The van der Waals surface area contributed by atoms with E-state index < -0.39 is 18.2 Å². The number of esters is 2. The molecule has 0 aromatic heterocycles. The molecule has 0 aliphatic carbocycles. The van der Waals surface area contributed by atoms with Crippen LogP contribution in [-0.2, 0) is 28.6 Å². The van der Waals surface area contributed by atoms with Crippen molar-refractivity contribution in [2.45, 2.75) is 32.7 Å². The molecule has 7 nitrogen and oxygen atoms in total. The molecule has 0 saturated carbocycles. The Labute approximate surface area is 103 Å². The molecule has 0 aromatic rings. The Morgan fingerprint density at radius 1 is 1.44 bits per heavy atom. The van der Waals surface area contributed by atoms with E-state index in [2.05, 4.69) is 0 Å².